The van der Waals surface area contributed by atoms with E-state index < -0.39 is 5.60 Å². The summed E-state index contributed by atoms with van der Waals surface area (Å²) in [4.78, 5) is 28.2. The van der Waals surface area contributed by atoms with Gasteiger partial charge in [0.2, 0.25) is 11.8 Å². The molecule has 1 aromatic heterocycles. The molecule has 0 bridgehead atoms. The molecule has 3 N–H and O–H groups in total. The first-order valence-corrected chi connectivity index (χ1v) is 9.14. The second kappa shape index (κ2) is 7.15. The molecule has 7 nitrogen and oxygen atoms in total. The van der Waals surface area contributed by atoms with E-state index in [0.29, 0.717) is 25.8 Å². The molecule has 3 rings (SSSR count). The second-order valence-electron chi connectivity index (χ2n) is 7.68. The predicted molar refractivity (Wildman–Crippen MR) is 92.7 cm³/mol. The minimum atomic E-state index is -0.781. The van der Waals surface area contributed by atoms with Gasteiger partial charge in [0.25, 0.3) is 0 Å². The summed E-state index contributed by atoms with van der Waals surface area (Å²) in [7, 11) is 1.95. The predicted octanol–water partition coefficient (Wildman–Crippen LogP) is 0.840. The Kier molecular flexibility index (Phi) is 5.13. The van der Waals surface area contributed by atoms with Crippen LogP contribution in [0.1, 0.15) is 57.1 Å². The molecule has 0 aromatic carbocycles. The van der Waals surface area contributed by atoms with Gasteiger partial charge in [-0.2, -0.15) is 0 Å². The van der Waals surface area contributed by atoms with E-state index in [0.717, 1.165) is 18.5 Å². The van der Waals surface area contributed by atoms with E-state index in [-0.39, 0.29) is 36.1 Å². The topological polar surface area (TPSA) is 96.2 Å². The third kappa shape index (κ3) is 4.39. The summed E-state index contributed by atoms with van der Waals surface area (Å²) in [6.07, 6.45) is 7.74. The van der Waals surface area contributed by atoms with Crippen molar-refractivity contribution in [1.29, 1.82) is 0 Å². The molecular formula is C18H28N4O3. The van der Waals surface area contributed by atoms with Crippen LogP contribution in [0.4, 0.5) is 0 Å². The molecule has 0 radical (unpaired) electrons. The lowest BCUT2D eigenvalue weighted by molar-refractivity contribution is -0.130. The molecule has 7 heteroatoms. The SMILES string of the molecule is C[C@@H](CCNC(=O)CC1(O)CCC1)NC(=O)[C@@H]1C[C@H]1c1cncn1C. The lowest BCUT2D eigenvalue weighted by Gasteiger charge is -2.35. The Bertz CT molecular complexity index is 638. The Labute approximate surface area is 148 Å². The van der Waals surface area contributed by atoms with Crippen molar-refractivity contribution in [3.05, 3.63) is 18.2 Å². The van der Waals surface area contributed by atoms with E-state index in [1.54, 1.807) is 6.33 Å². The number of nitrogens with zero attached hydrogens (tertiary/aromatic N) is 2. The first-order valence-electron chi connectivity index (χ1n) is 9.14. The van der Waals surface area contributed by atoms with Crippen molar-refractivity contribution in [2.24, 2.45) is 13.0 Å². The van der Waals surface area contributed by atoms with Crippen molar-refractivity contribution in [3.8, 4) is 0 Å². The second-order valence-corrected chi connectivity index (χ2v) is 7.68. The molecule has 1 aromatic rings. The summed E-state index contributed by atoms with van der Waals surface area (Å²) in [6.45, 7) is 2.46. The fraction of sp³-hybridized carbons (Fsp3) is 0.722. The Morgan fingerprint density at radius 1 is 1.48 bits per heavy atom. The van der Waals surface area contributed by atoms with E-state index >= 15 is 0 Å². The zero-order chi connectivity index (χ0) is 18.0. The average Bonchev–Trinajstić information content (AvgIpc) is 3.20. The summed E-state index contributed by atoms with van der Waals surface area (Å²) < 4.78 is 1.97. The van der Waals surface area contributed by atoms with Gasteiger partial charge in [-0.1, -0.05) is 0 Å². The van der Waals surface area contributed by atoms with Gasteiger partial charge in [0, 0.05) is 43.4 Å². The molecule has 0 spiro atoms. The van der Waals surface area contributed by atoms with Crippen LogP contribution >= 0.6 is 0 Å². The van der Waals surface area contributed by atoms with E-state index in [9.17, 15) is 14.7 Å². The maximum atomic E-state index is 12.3. The van der Waals surface area contributed by atoms with Crippen molar-refractivity contribution in [1.82, 2.24) is 20.2 Å². The fourth-order valence-electron chi connectivity index (χ4n) is 3.51. The summed E-state index contributed by atoms with van der Waals surface area (Å²) >= 11 is 0. The maximum Gasteiger partial charge on any atom is 0.224 e. The van der Waals surface area contributed by atoms with Crippen molar-refractivity contribution >= 4 is 11.8 Å². The molecule has 25 heavy (non-hydrogen) atoms. The Hall–Kier alpha value is -1.89. The third-order valence-corrected chi connectivity index (χ3v) is 5.42. The molecule has 0 saturated heterocycles. The highest BCUT2D eigenvalue weighted by atomic mass is 16.3. The fourth-order valence-corrected chi connectivity index (χ4v) is 3.51. The summed E-state index contributed by atoms with van der Waals surface area (Å²) in [5, 5.41) is 15.8. The standard InChI is InChI=1S/C18H28N4O3/c1-12(4-7-20-16(23)9-18(25)5-3-6-18)21-17(24)14-8-13(14)15-10-19-11-22(15)2/h10-14,25H,3-9H2,1-2H3,(H,20,23)(H,21,24)/t12-,13+,14+/m0/s1. The van der Waals surface area contributed by atoms with Crippen LogP contribution in [0, 0.1) is 5.92 Å². The molecule has 2 amide bonds. The van der Waals surface area contributed by atoms with E-state index in [4.69, 9.17) is 0 Å². The van der Waals surface area contributed by atoms with Gasteiger partial charge in [-0.25, -0.2) is 4.98 Å². The zero-order valence-corrected chi connectivity index (χ0v) is 15.0. The summed E-state index contributed by atoms with van der Waals surface area (Å²) in [5.41, 5.74) is 0.324. The number of aromatic nitrogens is 2. The number of carbonyl (C=O) groups is 2. The van der Waals surface area contributed by atoms with Crippen molar-refractivity contribution in [2.45, 2.75) is 63.0 Å². The number of aliphatic hydroxyl groups is 1. The van der Waals surface area contributed by atoms with Crippen LogP contribution in [0.25, 0.3) is 0 Å². The third-order valence-electron chi connectivity index (χ3n) is 5.42. The van der Waals surface area contributed by atoms with Gasteiger partial charge >= 0.3 is 0 Å². The number of carbonyl (C=O) groups excluding carboxylic acids is 2. The number of hydrogen-bond acceptors (Lipinski definition) is 4. The minimum absolute atomic E-state index is 0.00683. The number of imidazole rings is 1. The molecule has 2 saturated carbocycles. The van der Waals surface area contributed by atoms with Crippen molar-refractivity contribution in [3.63, 3.8) is 0 Å². The quantitative estimate of drug-likeness (QED) is 0.649. The number of amides is 2. The van der Waals surface area contributed by atoms with E-state index in [2.05, 4.69) is 15.6 Å². The van der Waals surface area contributed by atoms with Gasteiger partial charge in [-0.05, 0) is 39.0 Å². The summed E-state index contributed by atoms with van der Waals surface area (Å²) in [6, 6.07) is 0.00683. The number of rotatable bonds is 8. The van der Waals surface area contributed by atoms with Crippen LogP contribution < -0.4 is 10.6 Å². The van der Waals surface area contributed by atoms with Crippen LogP contribution in [-0.2, 0) is 16.6 Å². The largest absolute Gasteiger partial charge is 0.389 e. The minimum Gasteiger partial charge on any atom is -0.389 e. The first-order chi connectivity index (χ1) is 11.9. The highest BCUT2D eigenvalue weighted by Gasteiger charge is 2.45. The molecular weight excluding hydrogens is 320 g/mol. The van der Waals surface area contributed by atoms with Crippen molar-refractivity contribution in [2.75, 3.05) is 6.54 Å². The van der Waals surface area contributed by atoms with Gasteiger partial charge in [0.15, 0.2) is 0 Å². The van der Waals surface area contributed by atoms with Crippen LogP contribution in [0.15, 0.2) is 12.5 Å². The number of hydrogen-bond donors (Lipinski definition) is 3. The Morgan fingerprint density at radius 3 is 2.84 bits per heavy atom. The van der Waals surface area contributed by atoms with E-state index in [1.807, 2.05) is 24.7 Å². The lowest BCUT2D eigenvalue weighted by atomic mass is 9.78. The lowest BCUT2D eigenvalue weighted by Crippen LogP contribution is -2.43. The van der Waals surface area contributed by atoms with Gasteiger partial charge in [-0.3, -0.25) is 9.59 Å². The van der Waals surface area contributed by atoms with Crippen molar-refractivity contribution < 1.29 is 14.7 Å². The van der Waals surface area contributed by atoms with Gasteiger partial charge < -0.3 is 20.3 Å². The van der Waals surface area contributed by atoms with Gasteiger partial charge in [0.1, 0.15) is 0 Å². The monoisotopic (exact) mass is 348 g/mol. The van der Waals surface area contributed by atoms with E-state index in [1.165, 1.54) is 0 Å². The van der Waals surface area contributed by atoms with Crippen LogP contribution in [-0.4, -0.2) is 44.7 Å². The van der Waals surface area contributed by atoms with Crippen LogP contribution in [0.2, 0.25) is 0 Å². The normalized spacial score (nSPS) is 24.9. The van der Waals surface area contributed by atoms with Gasteiger partial charge in [0.05, 0.1) is 18.3 Å². The summed E-state index contributed by atoms with van der Waals surface area (Å²) in [5.74, 6) is 0.260. The first kappa shape index (κ1) is 17.9. The molecule has 0 unspecified atom stereocenters. The maximum absolute atomic E-state index is 12.3. The number of nitrogens with one attached hydrogen (secondary N) is 2. The Balaban J connectivity index is 1.33. The molecule has 1 heterocycles. The highest BCUT2D eigenvalue weighted by molar-refractivity contribution is 5.83. The zero-order valence-electron chi connectivity index (χ0n) is 15.0. The number of aryl methyl sites for hydroxylation is 1. The average molecular weight is 348 g/mol. The molecule has 2 fully saturated rings. The molecule has 0 aliphatic heterocycles. The molecule has 3 atom stereocenters. The Morgan fingerprint density at radius 2 is 2.24 bits per heavy atom. The van der Waals surface area contributed by atoms with Gasteiger partial charge in [-0.15, -0.1) is 0 Å². The van der Waals surface area contributed by atoms with Crippen LogP contribution in [0.5, 0.6) is 0 Å². The highest BCUT2D eigenvalue weighted by Crippen LogP contribution is 2.47. The molecule has 2 aliphatic carbocycles. The molecule has 2 aliphatic rings. The van der Waals surface area contributed by atoms with Crippen LogP contribution in [0.3, 0.4) is 0 Å². The molecule has 138 valence electrons. The smallest absolute Gasteiger partial charge is 0.224 e.